The van der Waals surface area contributed by atoms with Crippen molar-refractivity contribution in [2.75, 3.05) is 12.4 Å². The molecule has 1 N–H and O–H groups in total. The van der Waals surface area contributed by atoms with Crippen LogP contribution in [0.4, 0.5) is 0 Å². The van der Waals surface area contributed by atoms with Crippen LogP contribution in [0.25, 0.3) is 0 Å². The molecule has 0 aromatic carbocycles. The number of hydrogen-bond donors (Lipinski definition) is 1. The molecule has 0 radical (unpaired) electrons. The van der Waals surface area contributed by atoms with Crippen molar-refractivity contribution in [1.29, 1.82) is 0 Å². The molecule has 0 bridgehead atoms. The van der Waals surface area contributed by atoms with E-state index < -0.39 is 22.2 Å². The molecule has 5 nitrogen and oxygen atoms in total. The van der Waals surface area contributed by atoms with E-state index in [-0.39, 0.29) is 31.9 Å². The van der Waals surface area contributed by atoms with E-state index in [1.54, 1.807) is 0 Å². The predicted octanol–water partition coefficient (Wildman–Crippen LogP) is -3.55. The van der Waals surface area contributed by atoms with Crippen molar-refractivity contribution in [2.24, 2.45) is 0 Å². The van der Waals surface area contributed by atoms with Crippen molar-refractivity contribution in [3.63, 3.8) is 0 Å². The first-order valence-electron chi connectivity index (χ1n) is 3.30. The molecule has 72 valence electrons. The van der Waals surface area contributed by atoms with Crippen LogP contribution in [0.5, 0.6) is 0 Å². The van der Waals surface area contributed by atoms with Gasteiger partial charge in [-0.2, -0.15) is 0 Å². The fourth-order valence-corrected chi connectivity index (χ4v) is 0.998. The largest absolute Gasteiger partial charge is 1.00 e. The van der Waals surface area contributed by atoms with Crippen LogP contribution in [0.1, 0.15) is 6.42 Å². The Labute approximate surface area is 89.7 Å². The average molecular weight is 202 g/mol. The second-order valence-electron chi connectivity index (χ2n) is 2.13. The Hall–Kier alpha value is 0.167. The third-order valence-corrected chi connectivity index (χ3v) is 1.76. The molecule has 0 aliphatic carbocycles. The molecular weight excluding hydrogens is 191 g/mol. The molecule has 0 aliphatic heterocycles. The predicted molar refractivity (Wildman–Crippen MR) is 41.3 cm³/mol. The molecule has 0 amide bonds. The smallest absolute Gasteiger partial charge is 0.748 e. The molecule has 13 heavy (non-hydrogen) atoms. The van der Waals surface area contributed by atoms with Gasteiger partial charge in [-0.3, -0.25) is 0 Å². The van der Waals surface area contributed by atoms with Gasteiger partial charge >= 0.3 is 18.9 Å². The van der Waals surface area contributed by atoms with E-state index in [0.29, 0.717) is 0 Å². The SMILES string of the molecule is C=CCOC(O)CCS(=O)(=O)[O-].[Li+]. The molecule has 0 rings (SSSR count). The molecule has 0 saturated heterocycles. The van der Waals surface area contributed by atoms with Gasteiger partial charge in [0.2, 0.25) is 0 Å². The molecule has 0 aromatic rings. The number of aliphatic hydroxyl groups excluding tert-OH is 1. The maximum absolute atomic E-state index is 10.1. The Kier molecular flexibility index (Phi) is 9.09. The Morgan fingerprint density at radius 3 is 2.54 bits per heavy atom. The van der Waals surface area contributed by atoms with Gasteiger partial charge in [0.25, 0.3) is 0 Å². The van der Waals surface area contributed by atoms with Gasteiger partial charge in [-0.15, -0.1) is 6.58 Å². The second-order valence-corrected chi connectivity index (χ2v) is 3.65. The maximum atomic E-state index is 10.1. The van der Waals surface area contributed by atoms with Gasteiger partial charge in [-0.1, -0.05) is 6.08 Å². The van der Waals surface area contributed by atoms with E-state index >= 15 is 0 Å². The van der Waals surface area contributed by atoms with Gasteiger partial charge < -0.3 is 14.4 Å². The first kappa shape index (κ1) is 15.6. The number of rotatable bonds is 6. The Balaban J connectivity index is 0. The summed E-state index contributed by atoms with van der Waals surface area (Å²) in [5, 5.41) is 8.87. The van der Waals surface area contributed by atoms with E-state index in [9.17, 15) is 13.0 Å². The fraction of sp³-hybridized carbons (Fsp3) is 0.667. The van der Waals surface area contributed by atoms with Crippen molar-refractivity contribution in [3.8, 4) is 0 Å². The fourth-order valence-electron chi connectivity index (χ4n) is 0.508. The topological polar surface area (TPSA) is 86.7 Å². The van der Waals surface area contributed by atoms with Gasteiger partial charge in [0, 0.05) is 12.2 Å². The number of ether oxygens (including phenoxy) is 1. The van der Waals surface area contributed by atoms with Crippen LogP contribution in [-0.4, -0.2) is 36.7 Å². The zero-order valence-corrected chi connectivity index (χ0v) is 8.29. The normalized spacial score (nSPS) is 13.1. The summed E-state index contributed by atoms with van der Waals surface area (Å²) in [6, 6.07) is 0. The Morgan fingerprint density at radius 2 is 2.15 bits per heavy atom. The Morgan fingerprint density at radius 1 is 1.62 bits per heavy atom. The van der Waals surface area contributed by atoms with E-state index in [2.05, 4.69) is 11.3 Å². The molecule has 0 heterocycles. The van der Waals surface area contributed by atoms with Crippen LogP contribution in [0, 0.1) is 0 Å². The van der Waals surface area contributed by atoms with Gasteiger partial charge in [-0.05, 0) is 0 Å². The van der Waals surface area contributed by atoms with Crippen LogP contribution < -0.4 is 18.9 Å². The summed E-state index contributed by atoms with van der Waals surface area (Å²) in [6.07, 6.45) is -0.0130. The molecule has 1 atom stereocenters. The summed E-state index contributed by atoms with van der Waals surface area (Å²) in [5.74, 6) is -0.620. The van der Waals surface area contributed by atoms with Crippen LogP contribution in [0.2, 0.25) is 0 Å². The zero-order valence-electron chi connectivity index (χ0n) is 7.47. The minimum atomic E-state index is -4.26. The first-order chi connectivity index (χ1) is 5.45. The van der Waals surface area contributed by atoms with Crippen LogP contribution in [0.3, 0.4) is 0 Å². The summed E-state index contributed by atoms with van der Waals surface area (Å²) >= 11 is 0. The molecule has 0 aliphatic rings. The third kappa shape index (κ3) is 12.2. The van der Waals surface area contributed by atoms with Crippen molar-refractivity contribution in [1.82, 2.24) is 0 Å². The summed E-state index contributed by atoms with van der Waals surface area (Å²) < 4.78 is 34.8. The summed E-state index contributed by atoms with van der Waals surface area (Å²) in [6.45, 7) is 3.45. The maximum Gasteiger partial charge on any atom is 1.00 e. The van der Waals surface area contributed by atoms with Gasteiger partial charge in [0.15, 0.2) is 6.29 Å². The standard InChI is InChI=1S/C6H12O5S.Li/c1-2-4-11-6(7)3-5-12(8,9)10;/h2,6-7H,1,3-5H2,(H,8,9,10);/q;+1/p-1. The minimum absolute atomic E-state index is 0. The molecule has 0 saturated carbocycles. The van der Waals surface area contributed by atoms with Gasteiger partial charge in [0.05, 0.1) is 16.7 Å². The molecule has 0 aromatic heterocycles. The van der Waals surface area contributed by atoms with Crippen LogP contribution in [-0.2, 0) is 14.9 Å². The van der Waals surface area contributed by atoms with Gasteiger partial charge in [-0.25, -0.2) is 8.42 Å². The second kappa shape index (κ2) is 7.56. The van der Waals surface area contributed by atoms with E-state index in [1.807, 2.05) is 0 Å². The Bertz CT molecular complexity index is 225. The first-order valence-corrected chi connectivity index (χ1v) is 4.87. The molecule has 1 unspecified atom stereocenters. The number of hydrogen-bond acceptors (Lipinski definition) is 5. The summed E-state index contributed by atoms with van der Waals surface area (Å²) in [5.41, 5.74) is 0. The van der Waals surface area contributed by atoms with Gasteiger partial charge in [0.1, 0.15) is 0 Å². The van der Waals surface area contributed by atoms with Crippen LogP contribution >= 0.6 is 0 Å². The van der Waals surface area contributed by atoms with E-state index in [0.717, 1.165) is 0 Å². The molecule has 0 spiro atoms. The molecular formula is C6H11LiO5S. The monoisotopic (exact) mass is 202 g/mol. The molecule has 0 fully saturated rings. The summed E-state index contributed by atoms with van der Waals surface area (Å²) in [7, 11) is -4.26. The average Bonchev–Trinajstić information content (AvgIpc) is 1.95. The quantitative estimate of drug-likeness (QED) is 0.208. The third-order valence-electron chi connectivity index (χ3n) is 1.02. The minimum Gasteiger partial charge on any atom is -0.748 e. The van der Waals surface area contributed by atoms with Crippen LogP contribution in [0.15, 0.2) is 12.7 Å². The zero-order chi connectivity index (χ0) is 9.61. The van der Waals surface area contributed by atoms with Crippen molar-refractivity contribution < 1.29 is 41.7 Å². The number of aliphatic hydroxyl groups is 1. The van der Waals surface area contributed by atoms with Crippen molar-refractivity contribution in [3.05, 3.63) is 12.7 Å². The van der Waals surface area contributed by atoms with E-state index in [4.69, 9.17) is 5.11 Å². The van der Waals surface area contributed by atoms with Crippen molar-refractivity contribution >= 4 is 10.1 Å². The van der Waals surface area contributed by atoms with E-state index in [1.165, 1.54) is 6.08 Å². The summed E-state index contributed by atoms with van der Waals surface area (Å²) in [4.78, 5) is 0. The van der Waals surface area contributed by atoms with Crippen molar-refractivity contribution in [2.45, 2.75) is 12.7 Å². The molecule has 7 heteroatoms.